The highest BCUT2D eigenvalue weighted by Gasteiger charge is 2.19. The highest BCUT2D eigenvalue weighted by atomic mass is 35.5. The van der Waals surface area contributed by atoms with Gasteiger partial charge in [-0.3, -0.25) is 9.59 Å². The second kappa shape index (κ2) is 9.80. The van der Waals surface area contributed by atoms with Gasteiger partial charge in [0.25, 0.3) is 11.8 Å². The van der Waals surface area contributed by atoms with Crippen LogP contribution in [0.25, 0.3) is 0 Å². The van der Waals surface area contributed by atoms with Gasteiger partial charge in [-0.05, 0) is 55.3 Å². The third kappa shape index (κ3) is 5.88. The molecule has 7 heteroatoms. The first kappa shape index (κ1) is 20.5. The van der Waals surface area contributed by atoms with E-state index in [1.54, 1.807) is 42.5 Å². The van der Waals surface area contributed by atoms with E-state index in [4.69, 9.17) is 27.9 Å². The van der Waals surface area contributed by atoms with Gasteiger partial charge in [0.15, 0.2) is 6.61 Å². The number of hydrogen-bond donors (Lipinski definition) is 2. The average Bonchev–Trinajstić information content (AvgIpc) is 2.70. The molecule has 1 saturated carbocycles. The van der Waals surface area contributed by atoms with E-state index in [2.05, 4.69) is 10.6 Å². The summed E-state index contributed by atoms with van der Waals surface area (Å²) >= 11 is 12.0. The van der Waals surface area contributed by atoms with Gasteiger partial charge in [0.2, 0.25) is 0 Å². The average molecular weight is 421 g/mol. The van der Waals surface area contributed by atoms with E-state index in [1.807, 2.05) is 0 Å². The first-order valence-corrected chi connectivity index (χ1v) is 10.1. The van der Waals surface area contributed by atoms with Crippen LogP contribution in [0.1, 0.15) is 42.5 Å². The molecule has 28 heavy (non-hydrogen) atoms. The number of halogens is 2. The molecule has 1 fully saturated rings. The van der Waals surface area contributed by atoms with Crippen LogP contribution in [0.3, 0.4) is 0 Å². The monoisotopic (exact) mass is 420 g/mol. The molecule has 1 aliphatic rings. The molecule has 1 aliphatic carbocycles. The highest BCUT2D eigenvalue weighted by molar-refractivity contribution is 6.34. The predicted molar refractivity (Wildman–Crippen MR) is 111 cm³/mol. The molecule has 0 bridgehead atoms. The lowest BCUT2D eigenvalue weighted by atomic mass is 9.95. The second-order valence-corrected chi connectivity index (χ2v) is 7.64. The van der Waals surface area contributed by atoms with Crippen molar-refractivity contribution < 1.29 is 14.3 Å². The summed E-state index contributed by atoms with van der Waals surface area (Å²) in [6, 6.07) is 11.8. The van der Waals surface area contributed by atoms with Crippen molar-refractivity contribution in [2.45, 2.75) is 38.1 Å². The Morgan fingerprint density at radius 2 is 1.71 bits per heavy atom. The van der Waals surface area contributed by atoms with Gasteiger partial charge in [0.1, 0.15) is 5.75 Å². The van der Waals surface area contributed by atoms with Crippen LogP contribution >= 0.6 is 23.2 Å². The van der Waals surface area contributed by atoms with E-state index in [0.717, 1.165) is 25.7 Å². The van der Waals surface area contributed by atoms with Crippen LogP contribution in [-0.2, 0) is 4.79 Å². The molecular formula is C21H22Cl2N2O3. The first-order chi connectivity index (χ1) is 13.5. The molecule has 2 aromatic carbocycles. The first-order valence-electron chi connectivity index (χ1n) is 9.30. The van der Waals surface area contributed by atoms with E-state index in [9.17, 15) is 9.59 Å². The second-order valence-electron chi connectivity index (χ2n) is 6.79. The molecular weight excluding hydrogens is 399 g/mol. The quantitative estimate of drug-likeness (QED) is 0.684. The Labute approximate surface area is 174 Å². The van der Waals surface area contributed by atoms with Crippen LogP contribution in [0.5, 0.6) is 5.75 Å². The minimum Gasteiger partial charge on any atom is -0.484 e. The van der Waals surface area contributed by atoms with Gasteiger partial charge in [-0.25, -0.2) is 0 Å². The summed E-state index contributed by atoms with van der Waals surface area (Å²) < 4.78 is 5.42. The van der Waals surface area contributed by atoms with Crippen molar-refractivity contribution in [3.05, 3.63) is 58.1 Å². The summed E-state index contributed by atoms with van der Waals surface area (Å²) in [5, 5.41) is 6.70. The van der Waals surface area contributed by atoms with Crippen LogP contribution in [0.4, 0.5) is 5.69 Å². The lowest BCUT2D eigenvalue weighted by Gasteiger charge is -2.23. The number of rotatable bonds is 6. The maximum Gasteiger partial charge on any atom is 0.262 e. The van der Waals surface area contributed by atoms with Crippen molar-refractivity contribution in [3.8, 4) is 5.75 Å². The van der Waals surface area contributed by atoms with E-state index in [-0.39, 0.29) is 24.5 Å². The minimum absolute atomic E-state index is 0.159. The number of carbonyl (C=O) groups is 2. The molecule has 0 heterocycles. The number of amides is 2. The van der Waals surface area contributed by atoms with E-state index >= 15 is 0 Å². The summed E-state index contributed by atoms with van der Waals surface area (Å²) in [5.41, 5.74) is 0.839. The van der Waals surface area contributed by atoms with Crippen LogP contribution in [-0.4, -0.2) is 24.5 Å². The zero-order chi connectivity index (χ0) is 19.9. The molecule has 0 spiro atoms. The summed E-state index contributed by atoms with van der Waals surface area (Å²) in [6.07, 6.45) is 5.45. The fraction of sp³-hybridized carbons (Fsp3) is 0.333. The van der Waals surface area contributed by atoms with E-state index in [0.29, 0.717) is 27.0 Å². The summed E-state index contributed by atoms with van der Waals surface area (Å²) in [6.45, 7) is -0.159. The van der Waals surface area contributed by atoms with Crippen LogP contribution in [0.2, 0.25) is 10.0 Å². The lowest BCUT2D eigenvalue weighted by molar-refractivity contribution is -0.118. The minimum atomic E-state index is -0.337. The Balaban J connectivity index is 1.57. The van der Waals surface area contributed by atoms with Gasteiger partial charge in [-0.15, -0.1) is 0 Å². The maximum absolute atomic E-state index is 12.6. The number of carbonyl (C=O) groups excluding carboxylic acids is 2. The van der Waals surface area contributed by atoms with Crippen molar-refractivity contribution in [2.75, 3.05) is 11.9 Å². The SMILES string of the molecule is O=C(COc1ccc(Cl)cc1)Nc1ccc(Cl)c(C(=O)NC2CCCCC2)c1. The molecule has 148 valence electrons. The van der Waals surface area contributed by atoms with Crippen molar-refractivity contribution >= 4 is 40.7 Å². The standard InChI is InChI=1S/C21H22Cl2N2O3/c22-14-6-9-17(10-7-14)28-13-20(26)24-16-8-11-19(23)18(12-16)21(27)25-15-4-2-1-3-5-15/h6-12,15H,1-5,13H2,(H,24,26)(H,25,27). The van der Waals surface area contributed by atoms with Crippen molar-refractivity contribution in [3.63, 3.8) is 0 Å². The molecule has 5 nitrogen and oxygen atoms in total. The molecule has 2 aromatic rings. The fourth-order valence-corrected chi connectivity index (χ4v) is 3.49. The fourth-order valence-electron chi connectivity index (χ4n) is 3.16. The summed E-state index contributed by atoms with van der Waals surface area (Å²) in [4.78, 5) is 24.7. The van der Waals surface area contributed by atoms with Gasteiger partial charge in [-0.2, -0.15) is 0 Å². The molecule has 0 aliphatic heterocycles. The number of ether oxygens (including phenoxy) is 1. The predicted octanol–water partition coefficient (Wildman–Crippen LogP) is 5.07. The normalized spacial score (nSPS) is 14.4. The van der Waals surface area contributed by atoms with Crippen LogP contribution < -0.4 is 15.4 Å². The summed E-state index contributed by atoms with van der Waals surface area (Å²) in [5.74, 6) is -0.00970. The number of hydrogen-bond acceptors (Lipinski definition) is 3. The third-order valence-electron chi connectivity index (χ3n) is 4.62. The Morgan fingerprint density at radius 3 is 2.43 bits per heavy atom. The molecule has 0 radical (unpaired) electrons. The zero-order valence-corrected chi connectivity index (χ0v) is 16.9. The van der Waals surface area contributed by atoms with Gasteiger partial charge >= 0.3 is 0 Å². The zero-order valence-electron chi connectivity index (χ0n) is 15.3. The van der Waals surface area contributed by atoms with Crippen LogP contribution in [0.15, 0.2) is 42.5 Å². The van der Waals surface area contributed by atoms with Gasteiger partial charge in [0.05, 0.1) is 10.6 Å². The Bertz CT molecular complexity index is 834. The molecule has 0 atom stereocenters. The maximum atomic E-state index is 12.6. The Morgan fingerprint density at radius 1 is 1.00 bits per heavy atom. The lowest BCUT2D eigenvalue weighted by Crippen LogP contribution is -2.36. The third-order valence-corrected chi connectivity index (χ3v) is 5.20. The molecule has 3 rings (SSSR count). The molecule has 0 unspecified atom stereocenters. The van der Waals surface area contributed by atoms with Gasteiger partial charge in [0, 0.05) is 16.8 Å². The smallest absolute Gasteiger partial charge is 0.262 e. The number of benzene rings is 2. The van der Waals surface area contributed by atoms with Crippen molar-refractivity contribution in [2.24, 2.45) is 0 Å². The van der Waals surface area contributed by atoms with Crippen molar-refractivity contribution in [1.82, 2.24) is 5.32 Å². The van der Waals surface area contributed by atoms with Gasteiger partial charge in [-0.1, -0.05) is 42.5 Å². The molecule has 0 aromatic heterocycles. The van der Waals surface area contributed by atoms with Crippen LogP contribution in [0, 0.1) is 0 Å². The van der Waals surface area contributed by atoms with Gasteiger partial charge < -0.3 is 15.4 Å². The topological polar surface area (TPSA) is 67.4 Å². The Hall–Kier alpha value is -2.24. The number of anilines is 1. The summed E-state index contributed by atoms with van der Waals surface area (Å²) in [7, 11) is 0. The molecule has 2 N–H and O–H groups in total. The van der Waals surface area contributed by atoms with E-state index in [1.165, 1.54) is 6.42 Å². The largest absolute Gasteiger partial charge is 0.484 e. The number of nitrogens with one attached hydrogen (secondary N) is 2. The Kier molecular flexibility index (Phi) is 7.18. The molecule has 2 amide bonds. The van der Waals surface area contributed by atoms with Crippen molar-refractivity contribution in [1.29, 1.82) is 0 Å². The van der Waals surface area contributed by atoms with E-state index < -0.39 is 0 Å². The molecule has 0 saturated heterocycles. The highest BCUT2D eigenvalue weighted by Crippen LogP contribution is 2.23.